The number of benzene rings is 2. The second-order valence-electron chi connectivity index (χ2n) is 6.09. The smallest absolute Gasteiger partial charge is 0.322 e. The summed E-state index contributed by atoms with van der Waals surface area (Å²) in [4.78, 5) is 17.7. The molecule has 0 bridgehead atoms. The van der Waals surface area contributed by atoms with E-state index in [2.05, 4.69) is 22.4 Å². The number of amides is 2. The number of carbonyl (C=O) groups is 1. The van der Waals surface area contributed by atoms with E-state index in [9.17, 15) is 9.18 Å². The first-order valence-electron chi connectivity index (χ1n) is 8.10. The molecule has 1 aliphatic heterocycles. The average molecular weight is 323 g/mol. The van der Waals surface area contributed by atoms with Crippen LogP contribution in [-0.4, -0.2) is 22.5 Å². The molecule has 2 aromatic carbocycles. The molecule has 0 fully saturated rings. The Morgan fingerprint density at radius 3 is 2.92 bits per heavy atom. The lowest BCUT2D eigenvalue weighted by Gasteiger charge is -2.21. The number of hydrogen-bond acceptors (Lipinski definition) is 1. The van der Waals surface area contributed by atoms with Crippen molar-refractivity contribution in [2.45, 2.75) is 19.4 Å². The van der Waals surface area contributed by atoms with Gasteiger partial charge in [0.05, 0.1) is 6.54 Å². The highest BCUT2D eigenvalue weighted by molar-refractivity contribution is 5.90. The van der Waals surface area contributed by atoms with Crippen molar-refractivity contribution in [3.63, 3.8) is 0 Å². The van der Waals surface area contributed by atoms with Crippen LogP contribution in [0.25, 0.3) is 10.9 Å². The zero-order valence-electron chi connectivity index (χ0n) is 13.2. The van der Waals surface area contributed by atoms with Crippen LogP contribution in [0.5, 0.6) is 0 Å². The number of para-hydroxylation sites is 1. The van der Waals surface area contributed by atoms with Crippen LogP contribution in [0.4, 0.5) is 14.9 Å². The van der Waals surface area contributed by atoms with E-state index < -0.39 is 0 Å². The number of aromatic nitrogens is 1. The average Bonchev–Trinajstić information content (AvgIpc) is 2.78. The predicted molar refractivity (Wildman–Crippen MR) is 92.4 cm³/mol. The molecular formula is C19H18FN3O. The fraction of sp³-hybridized carbons (Fsp3) is 0.211. The van der Waals surface area contributed by atoms with Gasteiger partial charge >= 0.3 is 6.03 Å². The van der Waals surface area contributed by atoms with E-state index in [4.69, 9.17) is 0 Å². The fourth-order valence-electron chi connectivity index (χ4n) is 3.34. The number of rotatable bonds is 1. The van der Waals surface area contributed by atoms with Crippen molar-refractivity contribution in [1.29, 1.82) is 0 Å². The molecule has 2 amide bonds. The molecule has 2 heterocycles. The van der Waals surface area contributed by atoms with Crippen molar-refractivity contribution in [1.82, 2.24) is 9.88 Å². The quantitative estimate of drug-likeness (QED) is 0.689. The standard InChI is InChI=1S/C19H18FN3O/c20-13-5-3-6-14(11-13)21-19(24)23-10-4-8-16-15-7-1-2-9-17(15)22-18(16)12-23/h1-3,5-7,9,11,22H,4,8,10,12H2,(H,21,24). The molecule has 5 heteroatoms. The van der Waals surface area contributed by atoms with Gasteiger partial charge in [-0.1, -0.05) is 24.3 Å². The predicted octanol–water partition coefficient (Wildman–Crippen LogP) is 4.29. The third-order valence-corrected chi connectivity index (χ3v) is 4.47. The van der Waals surface area contributed by atoms with Gasteiger partial charge in [-0.05, 0) is 42.7 Å². The van der Waals surface area contributed by atoms with Gasteiger partial charge in [0.1, 0.15) is 5.82 Å². The Balaban J connectivity index is 1.57. The molecule has 0 spiro atoms. The zero-order chi connectivity index (χ0) is 16.5. The highest BCUT2D eigenvalue weighted by atomic mass is 19.1. The molecular weight excluding hydrogens is 305 g/mol. The minimum atomic E-state index is -0.360. The summed E-state index contributed by atoms with van der Waals surface area (Å²) >= 11 is 0. The Labute approximate surface area is 139 Å². The molecule has 0 radical (unpaired) electrons. The largest absolute Gasteiger partial charge is 0.357 e. The van der Waals surface area contributed by atoms with Gasteiger partial charge in [-0.25, -0.2) is 9.18 Å². The van der Waals surface area contributed by atoms with Crippen LogP contribution in [-0.2, 0) is 13.0 Å². The van der Waals surface area contributed by atoms with E-state index in [1.807, 2.05) is 12.1 Å². The van der Waals surface area contributed by atoms with E-state index in [0.717, 1.165) is 24.1 Å². The lowest BCUT2D eigenvalue weighted by molar-refractivity contribution is 0.209. The first-order chi connectivity index (χ1) is 11.7. The first kappa shape index (κ1) is 14.8. The second kappa shape index (κ2) is 6.00. The Kier molecular flexibility index (Phi) is 3.69. The molecule has 0 atom stereocenters. The summed E-state index contributed by atoms with van der Waals surface area (Å²) in [5, 5.41) is 4.01. The number of fused-ring (bicyclic) bond motifs is 3. The van der Waals surface area contributed by atoms with Gasteiger partial charge in [0.2, 0.25) is 0 Å². The summed E-state index contributed by atoms with van der Waals surface area (Å²) in [7, 11) is 0. The molecule has 3 aromatic rings. The normalized spacial score (nSPS) is 14.3. The van der Waals surface area contributed by atoms with Gasteiger partial charge in [-0.3, -0.25) is 0 Å². The number of anilines is 1. The number of halogens is 1. The van der Waals surface area contributed by atoms with E-state index in [0.29, 0.717) is 18.8 Å². The Morgan fingerprint density at radius 2 is 2.04 bits per heavy atom. The summed E-state index contributed by atoms with van der Waals surface area (Å²) in [5.41, 5.74) is 3.96. The topological polar surface area (TPSA) is 48.1 Å². The molecule has 4 rings (SSSR count). The number of hydrogen-bond donors (Lipinski definition) is 2. The SMILES string of the molecule is O=C(Nc1cccc(F)c1)N1CCCc2c([nH]c3ccccc23)C1. The molecule has 2 N–H and O–H groups in total. The van der Waals surface area contributed by atoms with E-state index in [1.54, 1.807) is 17.0 Å². The van der Waals surface area contributed by atoms with Gasteiger partial charge in [0.15, 0.2) is 0 Å². The van der Waals surface area contributed by atoms with Crippen molar-refractivity contribution in [3.05, 3.63) is 65.6 Å². The Bertz CT molecular complexity index is 903. The van der Waals surface area contributed by atoms with Gasteiger partial charge in [-0.2, -0.15) is 0 Å². The van der Waals surface area contributed by atoms with Crippen LogP contribution in [0.3, 0.4) is 0 Å². The molecule has 4 nitrogen and oxygen atoms in total. The van der Waals surface area contributed by atoms with Crippen LogP contribution in [0.15, 0.2) is 48.5 Å². The number of urea groups is 1. The van der Waals surface area contributed by atoms with E-state index in [1.165, 1.54) is 23.1 Å². The fourth-order valence-corrected chi connectivity index (χ4v) is 3.34. The second-order valence-corrected chi connectivity index (χ2v) is 6.09. The van der Waals surface area contributed by atoms with Crippen LogP contribution >= 0.6 is 0 Å². The van der Waals surface area contributed by atoms with E-state index >= 15 is 0 Å². The molecule has 0 saturated heterocycles. The zero-order valence-corrected chi connectivity index (χ0v) is 13.2. The number of nitrogens with zero attached hydrogens (tertiary/aromatic N) is 1. The van der Waals surface area contributed by atoms with Crippen LogP contribution in [0.1, 0.15) is 17.7 Å². The molecule has 24 heavy (non-hydrogen) atoms. The van der Waals surface area contributed by atoms with Gasteiger partial charge in [-0.15, -0.1) is 0 Å². The van der Waals surface area contributed by atoms with Crippen LogP contribution in [0.2, 0.25) is 0 Å². The summed E-state index contributed by atoms with van der Waals surface area (Å²) in [5.74, 6) is -0.360. The van der Waals surface area contributed by atoms with Gasteiger partial charge < -0.3 is 15.2 Å². The minimum absolute atomic E-state index is 0.202. The molecule has 0 aliphatic carbocycles. The Hall–Kier alpha value is -2.82. The molecule has 1 aromatic heterocycles. The number of carbonyl (C=O) groups excluding carboxylic acids is 1. The lowest BCUT2D eigenvalue weighted by atomic mass is 10.1. The highest BCUT2D eigenvalue weighted by Gasteiger charge is 2.22. The number of aromatic amines is 1. The molecule has 1 aliphatic rings. The monoisotopic (exact) mass is 323 g/mol. The van der Waals surface area contributed by atoms with Crippen molar-refractivity contribution in [2.24, 2.45) is 0 Å². The van der Waals surface area contributed by atoms with Crippen molar-refractivity contribution < 1.29 is 9.18 Å². The maximum atomic E-state index is 13.3. The maximum absolute atomic E-state index is 13.3. The van der Waals surface area contributed by atoms with Crippen LogP contribution < -0.4 is 5.32 Å². The third kappa shape index (κ3) is 2.73. The maximum Gasteiger partial charge on any atom is 0.322 e. The van der Waals surface area contributed by atoms with Crippen LogP contribution in [0, 0.1) is 5.82 Å². The van der Waals surface area contributed by atoms with Gasteiger partial charge in [0, 0.05) is 28.8 Å². The summed E-state index contributed by atoms with van der Waals surface area (Å²) in [6, 6.07) is 14.0. The highest BCUT2D eigenvalue weighted by Crippen LogP contribution is 2.27. The van der Waals surface area contributed by atoms with Crippen molar-refractivity contribution >= 4 is 22.6 Å². The number of aryl methyl sites for hydroxylation is 1. The Morgan fingerprint density at radius 1 is 1.17 bits per heavy atom. The lowest BCUT2D eigenvalue weighted by Crippen LogP contribution is -2.34. The summed E-state index contributed by atoms with van der Waals surface area (Å²) in [6.45, 7) is 1.21. The number of H-pyrrole nitrogens is 1. The first-order valence-corrected chi connectivity index (χ1v) is 8.10. The molecule has 122 valence electrons. The van der Waals surface area contributed by atoms with E-state index in [-0.39, 0.29) is 11.8 Å². The summed E-state index contributed by atoms with van der Waals surface area (Å²) < 4.78 is 13.3. The molecule has 0 saturated carbocycles. The van der Waals surface area contributed by atoms with Crippen molar-refractivity contribution in [2.75, 3.05) is 11.9 Å². The third-order valence-electron chi connectivity index (χ3n) is 4.47. The minimum Gasteiger partial charge on any atom is -0.357 e. The summed E-state index contributed by atoms with van der Waals surface area (Å²) in [6.07, 6.45) is 1.86. The van der Waals surface area contributed by atoms with Crippen molar-refractivity contribution in [3.8, 4) is 0 Å². The number of nitrogens with one attached hydrogen (secondary N) is 2. The molecule has 0 unspecified atom stereocenters. The van der Waals surface area contributed by atoms with Gasteiger partial charge in [0.25, 0.3) is 0 Å².